The summed E-state index contributed by atoms with van der Waals surface area (Å²) in [5.74, 6) is 1.89. The summed E-state index contributed by atoms with van der Waals surface area (Å²) in [5, 5.41) is 7.14. The number of halogens is 1. The molecular weight excluding hydrogens is 451 g/mol. The van der Waals surface area contributed by atoms with Crippen LogP contribution in [-0.2, 0) is 6.42 Å². The Morgan fingerprint density at radius 2 is 1.96 bits per heavy atom. The van der Waals surface area contributed by atoms with Crippen molar-refractivity contribution in [1.82, 2.24) is 15.5 Å². The van der Waals surface area contributed by atoms with Crippen LogP contribution in [0.25, 0.3) is 0 Å². The first-order valence-electron chi connectivity index (χ1n) is 9.93. The summed E-state index contributed by atoms with van der Waals surface area (Å²) in [6, 6.07) is 8.43. The molecule has 0 aliphatic carbocycles. The fourth-order valence-electron chi connectivity index (χ4n) is 4.47. The molecule has 5 nitrogen and oxygen atoms in total. The highest BCUT2D eigenvalue weighted by atomic mass is 127. The fraction of sp³-hybridized carbons (Fsp3) is 0.667. The standard InChI is InChI=1S/C21H34N4O.HI/c1-15-8-9-16(12-20(15)26-4)10-11-23-21(22-2)24-17-13-18-6-5-7-19(14-17)25(18)3;/h8-9,12,17-19H,5-7,10-11,13-14H2,1-4H3,(H2,22,23,24);1H. The highest BCUT2D eigenvalue weighted by Gasteiger charge is 2.36. The smallest absolute Gasteiger partial charge is 0.191 e. The molecule has 2 atom stereocenters. The maximum atomic E-state index is 5.42. The van der Waals surface area contributed by atoms with Gasteiger partial charge in [0.05, 0.1) is 7.11 Å². The number of guanidine groups is 1. The van der Waals surface area contributed by atoms with Crippen molar-refractivity contribution in [1.29, 1.82) is 0 Å². The summed E-state index contributed by atoms with van der Waals surface area (Å²) < 4.78 is 5.42. The van der Waals surface area contributed by atoms with Crippen molar-refractivity contribution < 1.29 is 4.74 Å². The molecule has 6 heteroatoms. The topological polar surface area (TPSA) is 48.9 Å². The molecule has 2 unspecified atom stereocenters. The largest absolute Gasteiger partial charge is 0.496 e. The average molecular weight is 486 g/mol. The third kappa shape index (κ3) is 5.73. The highest BCUT2D eigenvalue weighted by Crippen LogP contribution is 2.32. The van der Waals surface area contributed by atoms with Gasteiger partial charge in [-0.25, -0.2) is 0 Å². The molecule has 2 saturated heterocycles. The number of benzene rings is 1. The lowest BCUT2D eigenvalue weighted by molar-refractivity contribution is 0.0526. The van der Waals surface area contributed by atoms with E-state index in [1.807, 2.05) is 7.05 Å². The maximum Gasteiger partial charge on any atom is 0.191 e. The Morgan fingerprint density at radius 3 is 2.59 bits per heavy atom. The minimum Gasteiger partial charge on any atom is -0.496 e. The summed E-state index contributed by atoms with van der Waals surface area (Å²) >= 11 is 0. The molecule has 2 N–H and O–H groups in total. The highest BCUT2D eigenvalue weighted by molar-refractivity contribution is 14.0. The Bertz CT molecular complexity index is 623. The van der Waals surface area contributed by atoms with Gasteiger partial charge in [-0.15, -0.1) is 24.0 Å². The summed E-state index contributed by atoms with van der Waals surface area (Å²) in [4.78, 5) is 7.03. The number of aryl methyl sites for hydroxylation is 1. The molecule has 1 aromatic rings. The zero-order valence-corrected chi connectivity index (χ0v) is 19.5. The summed E-state index contributed by atoms with van der Waals surface area (Å²) in [6.45, 7) is 2.94. The van der Waals surface area contributed by atoms with E-state index in [1.165, 1.54) is 43.2 Å². The SMILES string of the molecule is CN=C(NCCc1ccc(C)c(OC)c1)NC1CC2CCCC(C1)N2C.I. The molecule has 0 saturated carbocycles. The Hall–Kier alpha value is -1.02. The number of hydrogen-bond donors (Lipinski definition) is 2. The lowest BCUT2D eigenvalue weighted by Crippen LogP contribution is -2.56. The van der Waals surface area contributed by atoms with Crippen molar-refractivity contribution in [3.8, 4) is 5.75 Å². The number of piperidine rings is 2. The second-order valence-electron chi connectivity index (χ2n) is 7.77. The van der Waals surface area contributed by atoms with Gasteiger partial charge in [0.2, 0.25) is 0 Å². The van der Waals surface area contributed by atoms with E-state index in [1.54, 1.807) is 7.11 Å². The van der Waals surface area contributed by atoms with Crippen LogP contribution >= 0.6 is 24.0 Å². The van der Waals surface area contributed by atoms with Gasteiger partial charge in [0.1, 0.15) is 5.75 Å². The number of ether oxygens (including phenoxy) is 1. The lowest BCUT2D eigenvalue weighted by Gasteiger charge is -2.47. The van der Waals surface area contributed by atoms with E-state index < -0.39 is 0 Å². The maximum absolute atomic E-state index is 5.42. The Morgan fingerprint density at radius 1 is 1.26 bits per heavy atom. The van der Waals surface area contributed by atoms with E-state index >= 15 is 0 Å². The van der Waals surface area contributed by atoms with Crippen LogP contribution < -0.4 is 15.4 Å². The number of aliphatic imine (C=N–C) groups is 1. The molecule has 0 aromatic heterocycles. The molecule has 2 aliphatic heterocycles. The number of methoxy groups -OCH3 is 1. The first-order chi connectivity index (χ1) is 12.6. The first kappa shape index (κ1) is 22.3. The number of rotatable bonds is 5. The lowest BCUT2D eigenvalue weighted by atomic mass is 9.82. The normalized spacial score (nSPS) is 25.5. The second kappa shape index (κ2) is 10.5. The van der Waals surface area contributed by atoms with Crippen LogP contribution in [0.2, 0.25) is 0 Å². The molecule has 2 bridgehead atoms. The number of hydrogen-bond acceptors (Lipinski definition) is 3. The van der Waals surface area contributed by atoms with E-state index in [2.05, 4.69) is 52.7 Å². The molecule has 2 fully saturated rings. The molecule has 1 aromatic carbocycles. The van der Waals surface area contributed by atoms with Gasteiger partial charge in [-0.2, -0.15) is 0 Å². The van der Waals surface area contributed by atoms with Gasteiger partial charge in [-0.3, -0.25) is 4.99 Å². The predicted molar refractivity (Wildman–Crippen MR) is 124 cm³/mol. The van der Waals surface area contributed by atoms with Gasteiger partial charge < -0.3 is 20.3 Å². The number of nitrogens with one attached hydrogen (secondary N) is 2. The van der Waals surface area contributed by atoms with E-state index in [-0.39, 0.29) is 24.0 Å². The summed E-state index contributed by atoms with van der Waals surface area (Å²) in [6.07, 6.45) is 7.47. The Balaban J connectivity index is 0.00000261. The number of fused-ring (bicyclic) bond motifs is 2. The molecular formula is C21H35IN4O. The van der Waals surface area contributed by atoms with Crippen molar-refractivity contribution in [3.05, 3.63) is 29.3 Å². The molecule has 152 valence electrons. The van der Waals surface area contributed by atoms with Crippen LogP contribution in [0.1, 0.15) is 43.2 Å². The van der Waals surface area contributed by atoms with E-state index in [4.69, 9.17) is 4.74 Å². The van der Waals surface area contributed by atoms with Gasteiger partial charge in [-0.1, -0.05) is 18.6 Å². The van der Waals surface area contributed by atoms with Crippen molar-refractivity contribution in [2.45, 2.75) is 63.6 Å². The van der Waals surface area contributed by atoms with Gasteiger partial charge in [-0.05, 0) is 63.3 Å². The third-order valence-corrected chi connectivity index (χ3v) is 6.08. The predicted octanol–water partition coefficient (Wildman–Crippen LogP) is 3.34. The van der Waals surface area contributed by atoms with Gasteiger partial charge >= 0.3 is 0 Å². The van der Waals surface area contributed by atoms with E-state index in [0.29, 0.717) is 6.04 Å². The quantitative estimate of drug-likeness (QED) is 0.381. The Labute approximate surface area is 181 Å². The summed E-state index contributed by atoms with van der Waals surface area (Å²) in [5.41, 5.74) is 2.46. The van der Waals surface area contributed by atoms with Crippen molar-refractivity contribution in [3.63, 3.8) is 0 Å². The third-order valence-electron chi connectivity index (χ3n) is 6.08. The molecule has 0 radical (unpaired) electrons. The van der Waals surface area contributed by atoms with Gasteiger partial charge in [0.25, 0.3) is 0 Å². The van der Waals surface area contributed by atoms with Crippen LogP contribution in [0, 0.1) is 6.92 Å². The van der Waals surface area contributed by atoms with Crippen molar-refractivity contribution in [2.75, 3.05) is 27.7 Å². The second-order valence-corrected chi connectivity index (χ2v) is 7.77. The fourth-order valence-corrected chi connectivity index (χ4v) is 4.47. The van der Waals surface area contributed by atoms with Crippen molar-refractivity contribution in [2.24, 2.45) is 4.99 Å². The van der Waals surface area contributed by atoms with Crippen molar-refractivity contribution >= 4 is 29.9 Å². The van der Waals surface area contributed by atoms with Gasteiger partial charge in [0.15, 0.2) is 5.96 Å². The summed E-state index contributed by atoms with van der Waals surface area (Å²) in [7, 11) is 5.89. The Kier molecular flexibility index (Phi) is 8.66. The monoisotopic (exact) mass is 486 g/mol. The van der Waals surface area contributed by atoms with Crippen LogP contribution in [-0.4, -0.2) is 56.7 Å². The first-order valence-corrected chi connectivity index (χ1v) is 9.93. The van der Waals surface area contributed by atoms with E-state index in [0.717, 1.165) is 36.8 Å². The average Bonchev–Trinajstić information content (AvgIpc) is 2.63. The molecule has 2 heterocycles. The molecule has 0 spiro atoms. The zero-order chi connectivity index (χ0) is 18.5. The number of nitrogens with zero attached hydrogens (tertiary/aromatic N) is 2. The minimum absolute atomic E-state index is 0. The minimum atomic E-state index is 0. The van der Waals surface area contributed by atoms with Crippen LogP contribution in [0.4, 0.5) is 0 Å². The van der Waals surface area contributed by atoms with Crippen LogP contribution in [0.15, 0.2) is 23.2 Å². The van der Waals surface area contributed by atoms with Crippen LogP contribution in [0.5, 0.6) is 5.75 Å². The van der Waals surface area contributed by atoms with Gasteiger partial charge in [0, 0.05) is 31.7 Å². The molecule has 3 rings (SSSR count). The molecule has 27 heavy (non-hydrogen) atoms. The zero-order valence-electron chi connectivity index (χ0n) is 17.1. The van der Waals surface area contributed by atoms with E-state index in [9.17, 15) is 0 Å². The molecule has 2 aliphatic rings. The molecule has 0 amide bonds. The van der Waals surface area contributed by atoms with Crippen LogP contribution in [0.3, 0.4) is 0 Å².